The molecule has 0 radical (unpaired) electrons. The van der Waals surface area contributed by atoms with Crippen LogP contribution in [0.15, 0.2) is 30.5 Å². The van der Waals surface area contributed by atoms with Gasteiger partial charge in [-0.2, -0.15) is 5.26 Å². The van der Waals surface area contributed by atoms with Gasteiger partial charge in [0, 0.05) is 25.2 Å². The van der Waals surface area contributed by atoms with E-state index in [1.54, 1.807) is 0 Å². The summed E-state index contributed by atoms with van der Waals surface area (Å²) in [7, 11) is 0. The van der Waals surface area contributed by atoms with Gasteiger partial charge in [0.25, 0.3) is 0 Å². The van der Waals surface area contributed by atoms with E-state index >= 15 is 0 Å². The first-order valence-corrected chi connectivity index (χ1v) is 6.49. The fourth-order valence-corrected chi connectivity index (χ4v) is 2.36. The number of hydrogen-bond acceptors (Lipinski definition) is 4. The Hall–Kier alpha value is -2.35. The molecule has 0 aromatic carbocycles. The van der Waals surface area contributed by atoms with E-state index in [1.807, 2.05) is 30.5 Å². The molecule has 5 heteroatoms. The number of aromatic nitrogens is 3. The van der Waals surface area contributed by atoms with Crippen molar-refractivity contribution >= 4 is 5.82 Å². The monoisotopic (exact) mass is 253 g/mol. The van der Waals surface area contributed by atoms with E-state index in [0.717, 1.165) is 43.1 Å². The minimum atomic E-state index is 0.197. The van der Waals surface area contributed by atoms with Gasteiger partial charge in [0.05, 0.1) is 11.8 Å². The molecule has 2 aromatic heterocycles. The van der Waals surface area contributed by atoms with Crippen LogP contribution >= 0.6 is 0 Å². The second-order valence-electron chi connectivity index (χ2n) is 4.75. The normalized spacial score (nSPS) is 16.3. The maximum Gasteiger partial charge on any atom is 0.151 e. The number of aromatic amines is 1. The molecular formula is C14H15N5. The minimum Gasteiger partial charge on any atom is -0.360 e. The summed E-state index contributed by atoms with van der Waals surface area (Å²) in [6.07, 6.45) is 3.70. The molecule has 0 spiro atoms. The zero-order valence-corrected chi connectivity index (χ0v) is 10.6. The summed E-state index contributed by atoms with van der Waals surface area (Å²) in [5.74, 6) is 1.09. The van der Waals surface area contributed by atoms with Crippen LogP contribution in [0.4, 0.5) is 5.82 Å². The Labute approximate surface area is 111 Å². The van der Waals surface area contributed by atoms with Gasteiger partial charge in [-0.3, -0.25) is 0 Å². The average Bonchev–Trinajstić information content (AvgIpc) is 3.02. The predicted molar refractivity (Wildman–Crippen MR) is 72.4 cm³/mol. The molecular weight excluding hydrogens is 238 g/mol. The van der Waals surface area contributed by atoms with E-state index < -0.39 is 0 Å². The van der Waals surface area contributed by atoms with E-state index in [4.69, 9.17) is 5.26 Å². The summed E-state index contributed by atoms with van der Waals surface area (Å²) >= 11 is 0. The van der Waals surface area contributed by atoms with Crippen molar-refractivity contribution in [2.45, 2.75) is 12.8 Å². The molecule has 1 N–H and O–H groups in total. The quantitative estimate of drug-likeness (QED) is 0.891. The Bertz CT molecular complexity index is 559. The van der Waals surface area contributed by atoms with Gasteiger partial charge in [-0.15, -0.1) is 10.2 Å². The number of anilines is 1. The summed E-state index contributed by atoms with van der Waals surface area (Å²) in [6, 6.07) is 10.2. The highest BCUT2D eigenvalue weighted by molar-refractivity contribution is 5.55. The second-order valence-corrected chi connectivity index (χ2v) is 4.75. The third kappa shape index (κ3) is 2.43. The zero-order valence-electron chi connectivity index (χ0n) is 10.6. The van der Waals surface area contributed by atoms with E-state index in [1.165, 1.54) is 0 Å². The molecule has 3 heterocycles. The van der Waals surface area contributed by atoms with Crippen LogP contribution in [0.25, 0.3) is 11.4 Å². The number of nitrogens with one attached hydrogen (secondary N) is 1. The van der Waals surface area contributed by atoms with E-state index in [-0.39, 0.29) is 5.92 Å². The molecule has 0 atom stereocenters. The van der Waals surface area contributed by atoms with E-state index in [9.17, 15) is 0 Å². The van der Waals surface area contributed by atoms with Crippen molar-refractivity contribution in [2.24, 2.45) is 5.92 Å². The van der Waals surface area contributed by atoms with Gasteiger partial charge in [-0.1, -0.05) is 0 Å². The molecule has 1 fully saturated rings. The molecule has 0 aliphatic carbocycles. The lowest BCUT2D eigenvalue weighted by Gasteiger charge is -2.29. The molecule has 1 aliphatic heterocycles. The molecule has 2 aromatic rings. The Morgan fingerprint density at radius 1 is 1.21 bits per heavy atom. The Kier molecular flexibility index (Phi) is 3.15. The fraction of sp³-hybridized carbons (Fsp3) is 0.357. The van der Waals surface area contributed by atoms with Crippen LogP contribution in [0.1, 0.15) is 12.8 Å². The molecule has 0 amide bonds. The first kappa shape index (κ1) is 11.7. The number of piperidine rings is 1. The highest BCUT2D eigenvalue weighted by Crippen LogP contribution is 2.22. The van der Waals surface area contributed by atoms with Gasteiger partial charge >= 0.3 is 0 Å². The maximum absolute atomic E-state index is 8.89. The lowest BCUT2D eigenvalue weighted by molar-refractivity contribution is 0.484. The van der Waals surface area contributed by atoms with Crippen LogP contribution in [0.5, 0.6) is 0 Å². The van der Waals surface area contributed by atoms with Gasteiger partial charge in [0.1, 0.15) is 5.69 Å². The Morgan fingerprint density at radius 3 is 2.63 bits per heavy atom. The van der Waals surface area contributed by atoms with E-state index in [0.29, 0.717) is 0 Å². The van der Waals surface area contributed by atoms with Crippen molar-refractivity contribution in [1.29, 1.82) is 5.26 Å². The summed E-state index contributed by atoms with van der Waals surface area (Å²) in [5.41, 5.74) is 1.82. The first-order valence-electron chi connectivity index (χ1n) is 6.49. The topological polar surface area (TPSA) is 68.6 Å². The smallest absolute Gasteiger partial charge is 0.151 e. The Morgan fingerprint density at radius 2 is 2.05 bits per heavy atom. The van der Waals surface area contributed by atoms with Crippen LogP contribution in [0.3, 0.4) is 0 Å². The number of rotatable bonds is 2. The van der Waals surface area contributed by atoms with Crippen molar-refractivity contribution in [3.63, 3.8) is 0 Å². The lowest BCUT2D eigenvalue weighted by atomic mass is 9.99. The third-order valence-corrected chi connectivity index (χ3v) is 3.53. The predicted octanol–water partition coefficient (Wildman–Crippen LogP) is 2.21. The molecule has 0 saturated carbocycles. The van der Waals surface area contributed by atoms with Crippen LogP contribution in [-0.2, 0) is 0 Å². The highest BCUT2D eigenvalue weighted by Gasteiger charge is 2.19. The van der Waals surface area contributed by atoms with Crippen molar-refractivity contribution < 1.29 is 0 Å². The summed E-state index contributed by atoms with van der Waals surface area (Å²) in [4.78, 5) is 5.31. The number of nitrogens with zero attached hydrogens (tertiary/aromatic N) is 4. The molecule has 1 aliphatic rings. The SMILES string of the molecule is N#CC1CCN(c2ccc(-c3ccc[nH]3)nn2)CC1. The van der Waals surface area contributed by atoms with Gasteiger partial charge in [-0.05, 0) is 37.1 Å². The standard InChI is InChI=1S/C14H15N5/c15-10-11-5-8-19(9-6-11)14-4-3-13(17-18-14)12-2-1-7-16-12/h1-4,7,11,16H,5-6,8-9H2. The van der Waals surface area contributed by atoms with Crippen LogP contribution < -0.4 is 4.90 Å². The fourth-order valence-electron chi connectivity index (χ4n) is 2.36. The number of hydrogen-bond donors (Lipinski definition) is 1. The molecule has 1 saturated heterocycles. The molecule has 5 nitrogen and oxygen atoms in total. The van der Waals surface area contributed by atoms with E-state index in [2.05, 4.69) is 26.2 Å². The van der Waals surface area contributed by atoms with Crippen molar-refractivity contribution in [3.05, 3.63) is 30.5 Å². The Balaban J connectivity index is 1.72. The average molecular weight is 253 g/mol. The van der Waals surface area contributed by atoms with Gasteiger partial charge in [0.2, 0.25) is 0 Å². The summed E-state index contributed by atoms with van der Waals surface area (Å²) < 4.78 is 0. The molecule has 19 heavy (non-hydrogen) atoms. The van der Waals surface area contributed by atoms with Crippen LogP contribution in [-0.4, -0.2) is 28.3 Å². The van der Waals surface area contributed by atoms with Gasteiger partial charge < -0.3 is 9.88 Å². The van der Waals surface area contributed by atoms with Gasteiger partial charge in [-0.25, -0.2) is 0 Å². The highest BCUT2D eigenvalue weighted by atomic mass is 15.3. The first-order chi connectivity index (χ1) is 9.36. The molecule has 96 valence electrons. The molecule has 0 bridgehead atoms. The molecule has 0 unspecified atom stereocenters. The second kappa shape index (κ2) is 5.11. The van der Waals surface area contributed by atoms with Crippen LogP contribution in [0.2, 0.25) is 0 Å². The summed E-state index contributed by atoms with van der Waals surface area (Å²) in [6.45, 7) is 1.77. The number of nitriles is 1. The molecule has 3 rings (SSSR count). The zero-order chi connectivity index (χ0) is 13.1. The third-order valence-electron chi connectivity index (χ3n) is 3.53. The lowest BCUT2D eigenvalue weighted by Crippen LogP contribution is -2.33. The van der Waals surface area contributed by atoms with Crippen molar-refractivity contribution in [1.82, 2.24) is 15.2 Å². The maximum atomic E-state index is 8.89. The summed E-state index contributed by atoms with van der Waals surface area (Å²) in [5, 5.41) is 17.4. The largest absolute Gasteiger partial charge is 0.360 e. The minimum absolute atomic E-state index is 0.197. The van der Waals surface area contributed by atoms with Gasteiger partial charge in [0.15, 0.2) is 5.82 Å². The number of H-pyrrole nitrogens is 1. The van der Waals surface area contributed by atoms with Crippen LogP contribution in [0, 0.1) is 17.2 Å². The van der Waals surface area contributed by atoms with Crippen molar-refractivity contribution in [2.75, 3.05) is 18.0 Å². The van der Waals surface area contributed by atoms with Crippen molar-refractivity contribution in [3.8, 4) is 17.5 Å².